The average Bonchev–Trinajstić information content (AvgIpc) is 2.50. The smallest absolute Gasteiger partial charge is 0.232 e. The maximum absolute atomic E-state index is 12.1. The van der Waals surface area contributed by atoms with Gasteiger partial charge in [-0.15, -0.1) is 0 Å². The number of nitrogens with one attached hydrogen (secondary N) is 1. The van der Waals surface area contributed by atoms with E-state index in [-0.39, 0.29) is 18.9 Å². The zero-order valence-corrected chi connectivity index (χ0v) is 15.6. The lowest BCUT2D eigenvalue weighted by atomic mass is 10.2. The van der Waals surface area contributed by atoms with Gasteiger partial charge in [0.05, 0.1) is 11.9 Å². The van der Waals surface area contributed by atoms with E-state index in [2.05, 4.69) is 5.32 Å². The Bertz CT molecular complexity index is 847. The lowest BCUT2D eigenvalue weighted by molar-refractivity contribution is -0.116. The average molecular weight is 360 g/mol. The third-order valence-electron chi connectivity index (χ3n) is 3.76. The summed E-state index contributed by atoms with van der Waals surface area (Å²) < 4.78 is 25.5. The summed E-state index contributed by atoms with van der Waals surface area (Å²) in [5, 5.41) is 2.84. The minimum atomic E-state index is -3.40. The molecule has 1 N–H and O–H groups in total. The molecule has 0 spiro atoms. The Morgan fingerprint density at radius 3 is 2.28 bits per heavy atom. The van der Waals surface area contributed by atoms with Gasteiger partial charge in [0.25, 0.3) is 0 Å². The summed E-state index contributed by atoms with van der Waals surface area (Å²) in [5.74, 6) is -0.122. The van der Waals surface area contributed by atoms with Gasteiger partial charge in [0.2, 0.25) is 15.9 Å². The number of aryl methyl sites for hydroxylation is 2. The first-order valence-corrected chi connectivity index (χ1v) is 10.0. The van der Waals surface area contributed by atoms with Crippen molar-refractivity contribution in [3.63, 3.8) is 0 Å². The minimum absolute atomic E-state index is 0.122. The molecule has 134 valence electrons. The second-order valence-corrected chi connectivity index (χ2v) is 8.10. The Balaban J connectivity index is 1.96. The van der Waals surface area contributed by atoms with Crippen LogP contribution in [0.25, 0.3) is 0 Å². The summed E-state index contributed by atoms with van der Waals surface area (Å²) in [4.78, 5) is 12.1. The van der Waals surface area contributed by atoms with Gasteiger partial charge >= 0.3 is 0 Å². The Labute approximate surface area is 149 Å². The molecule has 0 aliphatic carbocycles. The van der Waals surface area contributed by atoms with Gasteiger partial charge in [0.1, 0.15) is 0 Å². The molecule has 2 rings (SSSR count). The van der Waals surface area contributed by atoms with Crippen LogP contribution in [-0.4, -0.2) is 27.1 Å². The number of anilines is 2. The highest BCUT2D eigenvalue weighted by Gasteiger charge is 2.17. The van der Waals surface area contributed by atoms with Gasteiger partial charge in [-0.1, -0.05) is 24.3 Å². The quantitative estimate of drug-likeness (QED) is 0.822. The molecule has 0 radical (unpaired) electrons. The molecular formula is C19H24N2O3S. The van der Waals surface area contributed by atoms with Crippen molar-refractivity contribution in [1.29, 1.82) is 0 Å². The van der Waals surface area contributed by atoms with Gasteiger partial charge < -0.3 is 5.32 Å². The number of amides is 1. The molecule has 25 heavy (non-hydrogen) atoms. The van der Waals surface area contributed by atoms with E-state index in [1.165, 1.54) is 10.6 Å². The van der Waals surface area contributed by atoms with Crippen LogP contribution < -0.4 is 9.62 Å². The van der Waals surface area contributed by atoms with Crippen LogP contribution in [0.3, 0.4) is 0 Å². The highest BCUT2D eigenvalue weighted by molar-refractivity contribution is 7.92. The van der Waals surface area contributed by atoms with Crippen LogP contribution in [0.1, 0.15) is 24.0 Å². The first-order valence-electron chi connectivity index (χ1n) is 8.16. The third-order valence-corrected chi connectivity index (χ3v) is 4.95. The Morgan fingerprint density at radius 2 is 1.68 bits per heavy atom. The number of carbonyl (C=O) groups excluding carboxylic acids is 1. The standard InChI is InChI=1S/C19H24N2O3S/c1-15-7-4-9-17(13-15)20-19(22)11-6-12-21(25(3,23)24)18-10-5-8-16(2)14-18/h4-5,7-10,13-14H,6,11-12H2,1-3H3,(H,20,22). The van der Waals surface area contributed by atoms with Crippen LogP contribution in [0.5, 0.6) is 0 Å². The first-order chi connectivity index (χ1) is 11.8. The molecule has 0 fully saturated rings. The van der Waals surface area contributed by atoms with Crippen molar-refractivity contribution >= 4 is 27.3 Å². The van der Waals surface area contributed by atoms with Crippen molar-refractivity contribution in [2.24, 2.45) is 0 Å². The molecule has 0 heterocycles. The van der Waals surface area contributed by atoms with Gasteiger partial charge in [-0.05, 0) is 55.7 Å². The summed E-state index contributed by atoms with van der Waals surface area (Å²) >= 11 is 0. The van der Waals surface area contributed by atoms with Gasteiger partial charge in [-0.3, -0.25) is 9.10 Å². The van der Waals surface area contributed by atoms with Gasteiger partial charge in [0, 0.05) is 18.7 Å². The topological polar surface area (TPSA) is 66.5 Å². The van der Waals surface area contributed by atoms with Gasteiger partial charge in [0.15, 0.2) is 0 Å². The zero-order valence-electron chi connectivity index (χ0n) is 14.8. The van der Waals surface area contributed by atoms with Crippen LogP contribution in [0, 0.1) is 13.8 Å². The number of carbonyl (C=O) groups is 1. The monoisotopic (exact) mass is 360 g/mol. The fourth-order valence-electron chi connectivity index (χ4n) is 2.60. The molecule has 5 nitrogen and oxygen atoms in total. The molecule has 2 aromatic carbocycles. The molecule has 0 aliphatic rings. The first kappa shape index (κ1) is 19.0. The maximum atomic E-state index is 12.1. The van der Waals surface area contributed by atoms with Crippen LogP contribution in [-0.2, 0) is 14.8 Å². The summed E-state index contributed by atoms with van der Waals surface area (Å²) in [7, 11) is -3.40. The number of rotatable bonds is 7. The largest absolute Gasteiger partial charge is 0.326 e. The number of hydrogen-bond donors (Lipinski definition) is 1. The Morgan fingerprint density at radius 1 is 1.04 bits per heavy atom. The van der Waals surface area contributed by atoms with E-state index in [9.17, 15) is 13.2 Å². The molecule has 6 heteroatoms. The Hall–Kier alpha value is -2.34. The van der Waals surface area contributed by atoms with Crippen LogP contribution in [0.15, 0.2) is 48.5 Å². The molecule has 0 bridgehead atoms. The summed E-state index contributed by atoms with van der Waals surface area (Å²) in [6, 6.07) is 14.9. The SMILES string of the molecule is Cc1cccc(NC(=O)CCCN(c2cccc(C)c2)S(C)(=O)=O)c1. The van der Waals surface area contributed by atoms with E-state index >= 15 is 0 Å². The lowest BCUT2D eigenvalue weighted by Gasteiger charge is -2.22. The normalized spacial score (nSPS) is 11.2. The van der Waals surface area contributed by atoms with E-state index in [0.717, 1.165) is 16.8 Å². The van der Waals surface area contributed by atoms with E-state index in [1.807, 2.05) is 56.3 Å². The fraction of sp³-hybridized carbons (Fsp3) is 0.316. The number of hydrogen-bond acceptors (Lipinski definition) is 3. The molecule has 0 aliphatic heterocycles. The Kier molecular flexibility index (Phi) is 6.20. The van der Waals surface area contributed by atoms with E-state index in [1.54, 1.807) is 6.07 Å². The van der Waals surface area contributed by atoms with Crippen molar-refractivity contribution in [3.8, 4) is 0 Å². The molecule has 0 saturated carbocycles. The summed E-state index contributed by atoms with van der Waals surface area (Å²) in [6.07, 6.45) is 1.88. The molecule has 0 atom stereocenters. The number of nitrogens with zero attached hydrogens (tertiary/aromatic N) is 1. The number of benzene rings is 2. The van der Waals surface area contributed by atoms with Crippen molar-refractivity contribution < 1.29 is 13.2 Å². The maximum Gasteiger partial charge on any atom is 0.232 e. The summed E-state index contributed by atoms with van der Waals surface area (Å²) in [6.45, 7) is 4.14. The van der Waals surface area contributed by atoms with Crippen molar-refractivity contribution in [1.82, 2.24) is 0 Å². The predicted molar refractivity (Wildman–Crippen MR) is 102 cm³/mol. The van der Waals surface area contributed by atoms with Crippen LogP contribution >= 0.6 is 0 Å². The number of sulfonamides is 1. The molecule has 1 amide bonds. The van der Waals surface area contributed by atoms with E-state index in [0.29, 0.717) is 12.1 Å². The second-order valence-electron chi connectivity index (χ2n) is 6.20. The molecule has 0 aromatic heterocycles. The molecule has 0 unspecified atom stereocenters. The lowest BCUT2D eigenvalue weighted by Crippen LogP contribution is -2.31. The highest BCUT2D eigenvalue weighted by atomic mass is 32.2. The van der Waals surface area contributed by atoms with Gasteiger partial charge in [-0.2, -0.15) is 0 Å². The van der Waals surface area contributed by atoms with Crippen molar-refractivity contribution in [2.75, 3.05) is 22.4 Å². The van der Waals surface area contributed by atoms with E-state index in [4.69, 9.17) is 0 Å². The van der Waals surface area contributed by atoms with E-state index < -0.39 is 10.0 Å². The van der Waals surface area contributed by atoms with Crippen LogP contribution in [0.4, 0.5) is 11.4 Å². The van der Waals surface area contributed by atoms with Crippen molar-refractivity contribution in [3.05, 3.63) is 59.7 Å². The molecule has 2 aromatic rings. The predicted octanol–water partition coefficient (Wildman–Crippen LogP) is 3.49. The molecular weight excluding hydrogens is 336 g/mol. The van der Waals surface area contributed by atoms with Crippen LogP contribution in [0.2, 0.25) is 0 Å². The fourth-order valence-corrected chi connectivity index (χ4v) is 3.56. The van der Waals surface area contributed by atoms with Crippen molar-refractivity contribution in [2.45, 2.75) is 26.7 Å². The third kappa shape index (κ3) is 5.90. The van der Waals surface area contributed by atoms with Gasteiger partial charge in [-0.25, -0.2) is 8.42 Å². The zero-order chi connectivity index (χ0) is 18.4. The second kappa shape index (κ2) is 8.16. The highest BCUT2D eigenvalue weighted by Crippen LogP contribution is 2.19. The molecule has 0 saturated heterocycles. The minimum Gasteiger partial charge on any atom is -0.326 e. The summed E-state index contributed by atoms with van der Waals surface area (Å²) in [5.41, 5.74) is 3.44.